The fraction of sp³-hybridized carbons (Fsp3) is 0.217. The quantitative estimate of drug-likeness (QED) is 0.606. The standard InChI is InChI=1S/C23H24N2O3S/c1-14-9-7-8-12-18(14)28-16(3)22(27)25-23-20(21(24)26)15(2)19(29-23)13-17-10-5-4-6-11-17/h4-12,16H,13H2,1-3H3,(H2,24,26)(H,25,27). The van der Waals surface area contributed by atoms with Gasteiger partial charge in [-0.05, 0) is 43.5 Å². The average Bonchev–Trinajstić information content (AvgIpc) is 2.99. The highest BCUT2D eigenvalue weighted by atomic mass is 32.1. The Labute approximate surface area is 174 Å². The lowest BCUT2D eigenvalue weighted by Crippen LogP contribution is -2.30. The monoisotopic (exact) mass is 408 g/mol. The summed E-state index contributed by atoms with van der Waals surface area (Å²) in [7, 11) is 0. The summed E-state index contributed by atoms with van der Waals surface area (Å²) < 4.78 is 5.79. The van der Waals surface area contributed by atoms with Crippen LogP contribution in [0.15, 0.2) is 54.6 Å². The van der Waals surface area contributed by atoms with Crippen molar-refractivity contribution in [2.75, 3.05) is 5.32 Å². The van der Waals surface area contributed by atoms with Crippen LogP contribution >= 0.6 is 11.3 Å². The van der Waals surface area contributed by atoms with Gasteiger partial charge in [-0.25, -0.2) is 0 Å². The molecule has 0 aliphatic carbocycles. The molecule has 0 spiro atoms. The van der Waals surface area contributed by atoms with E-state index >= 15 is 0 Å². The van der Waals surface area contributed by atoms with Crippen molar-refractivity contribution in [1.29, 1.82) is 0 Å². The SMILES string of the molecule is Cc1ccccc1OC(C)C(=O)Nc1sc(Cc2ccccc2)c(C)c1C(N)=O. The number of aryl methyl sites for hydroxylation is 1. The van der Waals surface area contributed by atoms with Crippen molar-refractivity contribution in [3.63, 3.8) is 0 Å². The van der Waals surface area contributed by atoms with Crippen LogP contribution in [0.5, 0.6) is 5.75 Å². The highest BCUT2D eigenvalue weighted by molar-refractivity contribution is 7.17. The molecule has 3 N–H and O–H groups in total. The molecule has 0 bridgehead atoms. The largest absolute Gasteiger partial charge is 0.481 e. The lowest BCUT2D eigenvalue weighted by atomic mass is 10.1. The molecule has 5 nitrogen and oxygen atoms in total. The molecule has 0 saturated heterocycles. The zero-order chi connectivity index (χ0) is 21.0. The zero-order valence-corrected chi connectivity index (χ0v) is 17.5. The average molecular weight is 409 g/mol. The van der Waals surface area contributed by atoms with E-state index in [2.05, 4.69) is 5.32 Å². The zero-order valence-electron chi connectivity index (χ0n) is 16.7. The van der Waals surface area contributed by atoms with Crippen LogP contribution in [0, 0.1) is 13.8 Å². The lowest BCUT2D eigenvalue weighted by Gasteiger charge is -2.16. The predicted molar refractivity (Wildman–Crippen MR) is 117 cm³/mol. The van der Waals surface area contributed by atoms with E-state index in [0.717, 1.165) is 21.6 Å². The Hall–Kier alpha value is -3.12. The van der Waals surface area contributed by atoms with E-state index in [-0.39, 0.29) is 5.91 Å². The van der Waals surface area contributed by atoms with E-state index in [1.807, 2.05) is 68.4 Å². The van der Waals surface area contributed by atoms with Crippen LogP contribution in [0.25, 0.3) is 0 Å². The number of carbonyl (C=O) groups is 2. The second-order valence-electron chi connectivity index (χ2n) is 6.90. The number of thiophene rings is 1. The molecule has 1 heterocycles. The maximum Gasteiger partial charge on any atom is 0.265 e. The van der Waals surface area contributed by atoms with E-state index in [9.17, 15) is 9.59 Å². The molecule has 1 unspecified atom stereocenters. The Bertz CT molecular complexity index is 1030. The summed E-state index contributed by atoms with van der Waals surface area (Å²) in [6.07, 6.45) is -0.0558. The number of ether oxygens (including phenoxy) is 1. The maximum atomic E-state index is 12.7. The number of amides is 2. The number of nitrogens with two attached hydrogens (primary N) is 1. The fourth-order valence-electron chi connectivity index (χ4n) is 3.04. The van der Waals surface area contributed by atoms with Gasteiger partial charge in [0, 0.05) is 11.3 Å². The van der Waals surface area contributed by atoms with E-state index in [0.29, 0.717) is 22.7 Å². The molecule has 0 aliphatic rings. The summed E-state index contributed by atoms with van der Waals surface area (Å²) in [5.41, 5.74) is 8.83. The van der Waals surface area contributed by atoms with Crippen molar-refractivity contribution in [2.24, 2.45) is 5.73 Å². The summed E-state index contributed by atoms with van der Waals surface area (Å²) in [5, 5.41) is 3.30. The molecule has 29 heavy (non-hydrogen) atoms. The minimum absolute atomic E-state index is 0.330. The summed E-state index contributed by atoms with van der Waals surface area (Å²) in [6.45, 7) is 5.46. The number of primary amides is 1. The van der Waals surface area contributed by atoms with Gasteiger partial charge in [-0.2, -0.15) is 0 Å². The second-order valence-corrected chi connectivity index (χ2v) is 8.00. The number of benzene rings is 2. The molecular formula is C23H24N2O3S. The van der Waals surface area contributed by atoms with Crippen molar-refractivity contribution in [3.8, 4) is 5.75 Å². The lowest BCUT2D eigenvalue weighted by molar-refractivity contribution is -0.122. The van der Waals surface area contributed by atoms with Crippen molar-refractivity contribution in [2.45, 2.75) is 33.3 Å². The molecule has 0 radical (unpaired) electrons. The summed E-state index contributed by atoms with van der Waals surface area (Å²) in [4.78, 5) is 25.7. The predicted octanol–water partition coefficient (Wildman–Crippen LogP) is 4.46. The molecule has 1 atom stereocenters. The van der Waals surface area contributed by atoms with Crippen LogP contribution in [-0.4, -0.2) is 17.9 Å². The Morgan fingerprint density at radius 1 is 1.07 bits per heavy atom. The van der Waals surface area contributed by atoms with Gasteiger partial charge < -0.3 is 15.8 Å². The topological polar surface area (TPSA) is 81.4 Å². The Morgan fingerprint density at radius 2 is 1.72 bits per heavy atom. The number of para-hydroxylation sites is 1. The van der Waals surface area contributed by atoms with Crippen LogP contribution in [0.1, 0.15) is 38.8 Å². The van der Waals surface area contributed by atoms with Crippen LogP contribution in [0.2, 0.25) is 0 Å². The summed E-state index contributed by atoms with van der Waals surface area (Å²) in [5.74, 6) is -0.235. The number of carbonyl (C=O) groups excluding carboxylic acids is 2. The van der Waals surface area contributed by atoms with E-state index in [1.165, 1.54) is 11.3 Å². The molecule has 0 aliphatic heterocycles. The van der Waals surface area contributed by atoms with Gasteiger partial charge >= 0.3 is 0 Å². The van der Waals surface area contributed by atoms with Gasteiger partial charge in [0.05, 0.1) is 5.56 Å². The summed E-state index contributed by atoms with van der Waals surface area (Å²) in [6, 6.07) is 17.5. The Morgan fingerprint density at radius 3 is 2.38 bits per heavy atom. The van der Waals surface area contributed by atoms with Gasteiger partial charge in [0.25, 0.3) is 11.8 Å². The first-order valence-corrected chi connectivity index (χ1v) is 10.2. The van der Waals surface area contributed by atoms with E-state index < -0.39 is 12.0 Å². The first-order chi connectivity index (χ1) is 13.9. The van der Waals surface area contributed by atoms with Gasteiger partial charge in [-0.15, -0.1) is 11.3 Å². The van der Waals surface area contributed by atoms with Crippen molar-refractivity contribution in [3.05, 3.63) is 81.7 Å². The molecule has 3 aromatic rings. The molecular weight excluding hydrogens is 384 g/mol. The first-order valence-electron chi connectivity index (χ1n) is 9.36. The number of nitrogens with one attached hydrogen (secondary N) is 1. The van der Waals surface area contributed by atoms with Crippen LogP contribution in [0.4, 0.5) is 5.00 Å². The highest BCUT2D eigenvalue weighted by Crippen LogP contribution is 2.34. The number of rotatable bonds is 7. The smallest absolute Gasteiger partial charge is 0.265 e. The molecule has 2 aromatic carbocycles. The third kappa shape index (κ3) is 4.84. The maximum absolute atomic E-state index is 12.7. The third-order valence-electron chi connectivity index (χ3n) is 4.70. The van der Waals surface area contributed by atoms with Crippen molar-refractivity contribution < 1.29 is 14.3 Å². The molecule has 0 saturated carbocycles. The van der Waals surface area contributed by atoms with Crippen LogP contribution in [0.3, 0.4) is 0 Å². The molecule has 2 amide bonds. The molecule has 6 heteroatoms. The van der Waals surface area contributed by atoms with Crippen molar-refractivity contribution in [1.82, 2.24) is 0 Å². The normalized spacial score (nSPS) is 11.7. The fourth-order valence-corrected chi connectivity index (χ4v) is 4.29. The van der Waals surface area contributed by atoms with E-state index in [4.69, 9.17) is 10.5 Å². The van der Waals surface area contributed by atoms with Gasteiger partial charge in [0.15, 0.2) is 6.10 Å². The molecule has 1 aromatic heterocycles. The van der Waals surface area contributed by atoms with Gasteiger partial charge in [0.1, 0.15) is 10.8 Å². The number of anilines is 1. The van der Waals surface area contributed by atoms with Crippen LogP contribution in [-0.2, 0) is 11.2 Å². The molecule has 150 valence electrons. The van der Waals surface area contributed by atoms with Gasteiger partial charge in [-0.3, -0.25) is 9.59 Å². The number of hydrogen-bond donors (Lipinski definition) is 2. The minimum atomic E-state index is -0.725. The molecule has 3 rings (SSSR count). The second kappa shape index (κ2) is 8.92. The summed E-state index contributed by atoms with van der Waals surface area (Å²) >= 11 is 1.38. The van der Waals surface area contributed by atoms with Gasteiger partial charge in [-0.1, -0.05) is 48.5 Å². The Balaban J connectivity index is 1.80. The van der Waals surface area contributed by atoms with Gasteiger partial charge in [0.2, 0.25) is 0 Å². The first kappa shape index (κ1) is 20.6. The Kier molecular flexibility index (Phi) is 6.34. The number of hydrogen-bond acceptors (Lipinski definition) is 4. The third-order valence-corrected chi connectivity index (χ3v) is 5.91. The minimum Gasteiger partial charge on any atom is -0.481 e. The molecule has 0 fully saturated rings. The van der Waals surface area contributed by atoms with E-state index in [1.54, 1.807) is 6.92 Å². The van der Waals surface area contributed by atoms with Crippen molar-refractivity contribution >= 4 is 28.2 Å². The van der Waals surface area contributed by atoms with Crippen LogP contribution < -0.4 is 15.8 Å². The highest BCUT2D eigenvalue weighted by Gasteiger charge is 2.23.